The SMILES string of the molecule is Cc1nc(C(=O)NCC(=O)O)c(O)c2scc(-c3ccc(F)cc3)c12. The second kappa shape index (κ2) is 6.48. The average molecular weight is 360 g/mol. The van der Waals surface area contributed by atoms with Crippen molar-refractivity contribution >= 4 is 33.3 Å². The van der Waals surface area contributed by atoms with Crippen LogP contribution in [-0.2, 0) is 4.79 Å². The Morgan fingerprint density at radius 2 is 1.96 bits per heavy atom. The van der Waals surface area contributed by atoms with Crippen LogP contribution in [0.4, 0.5) is 4.39 Å². The molecule has 0 radical (unpaired) electrons. The molecule has 6 nitrogen and oxygen atoms in total. The highest BCUT2D eigenvalue weighted by molar-refractivity contribution is 7.18. The van der Waals surface area contributed by atoms with Crippen LogP contribution >= 0.6 is 11.3 Å². The van der Waals surface area contributed by atoms with Crippen LogP contribution in [0, 0.1) is 12.7 Å². The number of carbonyl (C=O) groups excluding carboxylic acids is 1. The maximum atomic E-state index is 13.1. The minimum atomic E-state index is -1.19. The largest absolute Gasteiger partial charge is 0.504 e. The number of amides is 1. The van der Waals surface area contributed by atoms with Gasteiger partial charge in [0.15, 0.2) is 11.4 Å². The first-order valence-electron chi connectivity index (χ1n) is 7.25. The quantitative estimate of drug-likeness (QED) is 0.664. The number of carboxylic acid groups (broad SMARTS) is 1. The first-order valence-corrected chi connectivity index (χ1v) is 8.13. The lowest BCUT2D eigenvalue weighted by atomic mass is 10.0. The van der Waals surface area contributed by atoms with Crippen LogP contribution in [0.2, 0.25) is 0 Å². The van der Waals surface area contributed by atoms with Crippen LogP contribution in [0.25, 0.3) is 21.2 Å². The first-order chi connectivity index (χ1) is 11.9. The summed E-state index contributed by atoms with van der Waals surface area (Å²) in [5.41, 5.74) is 1.82. The first kappa shape index (κ1) is 16.8. The lowest BCUT2D eigenvalue weighted by Gasteiger charge is -2.08. The molecule has 0 aliphatic heterocycles. The number of benzene rings is 1. The highest BCUT2D eigenvalue weighted by Crippen LogP contribution is 2.41. The van der Waals surface area contributed by atoms with E-state index >= 15 is 0 Å². The van der Waals surface area contributed by atoms with Crippen molar-refractivity contribution in [3.63, 3.8) is 0 Å². The van der Waals surface area contributed by atoms with Crippen molar-refractivity contribution < 1.29 is 24.2 Å². The Balaban J connectivity index is 2.09. The van der Waals surface area contributed by atoms with Crippen LogP contribution in [0.5, 0.6) is 5.75 Å². The zero-order valence-electron chi connectivity index (χ0n) is 13.0. The van der Waals surface area contributed by atoms with E-state index in [0.717, 1.165) is 11.1 Å². The number of aromatic nitrogens is 1. The fourth-order valence-electron chi connectivity index (χ4n) is 2.52. The average Bonchev–Trinajstić information content (AvgIpc) is 3.02. The van der Waals surface area contributed by atoms with Gasteiger partial charge in [-0.15, -0.1) is 11.3 Å². The molecule has 0 unspecified atom stereocenters. The van der Waals surface area contributed by atoms with E-state index in [1.807, 2.05) is 0 Å². The molecule has 128 valence electrons. The summed E-state index contributed by atoms with van der Waals surface area (Å²) in [6, 6.07) is 5.94. The molecule has 1 amide bonds. The molecule has 0 spiro atoms. The number of carboxylic acids is 1. The van der Waals surface area contributed by atoms with E-state index in [0.29, 0.717) is 15.8 Å². The van der Waals surface area contributed by atoms with E-state index in [1.54, 1.807) is 24.4 Å². The van der Waals surface area contributed by atoms with Crippen LogP contribution in [-0.4, -0.2) is 33.6 Å². The van der Waals surface area contributed by atoms with Crippen molar-refractivity contribution in [2.75, 3.05) is 6.54 Å². The molecular formula is C17H13FN2O4S. The summed E-state index contributed by atoms with van der Waals surface area (Å²) in [6.45, 7) is 1.12. The number of nitrogens with zero attached hydrogens (tertiary/aromatic N) is 1. The number of carbonyl (C=O) groups is 2. The van der Waals surface area contributed by atoms with E-state index in [-0.39, 0.29) is 17.3 Å². The molecule has 0 aliphatic carbocycles. The van der Waals surface area contributed by atoms with E-state index in [1.165, 1.54) is 23.5 Å². The van der Waals surface area contributed by atoms with E-state index in [9.17, 15) is 19.1 Å². The van der Waals surface area contributed by atoms with Gasteiger partial charge in [0, 0.05) is 22.0 Å². The zero-order chi connectivity index (χ0) is 18.1. The second-order valence-corrected chi connectivity index (χ2v) is 6.21. The molecule has 0 aliphatic rings. The molecule has 3 N–H and O–H groups in total. The van der Waals surface area contributed by atoms with Crippen LogP contribution in [0.1, 0.15) is 16.2 Å². The van der Waals surface area contributed by atoms with Crippen molar-refractivity contribution in [2.45, 2.75) is 6.92 Å². The molecule has 0 atom stereocenters. The number of pyridine rings is 1. The van der Waals surface area contributed by atoms with Gasteiger partial charge in [-0.05, 0) is 24.6 Å². The summed E-state index contributed by atoms with van der Waals surface area (Å²) < 4.78 is 13.6. The third-order valence-electron chi connectivity index (χ3n) is 3.64. The van der Waals surface area contributed by atoms with Gasteiger partial charge in [-0.25, -0.2) is 9.37 Å². The molecular weight excluding hydrogens is 347 g/mol. The Hall–Kier alpha value is -3.00. The number of aryl methyl sites for hydroxylation is 1. The number of halogens is 1. The zero-order valence-corrected chi connectivity index (χ0v) is 13.9. The Bertz CT molecular complexity index is 982. The van der Waals surface area contributed by atoms with Crippen LogP contribution in [0.15, 0.2) is 29.6 Å². The Morgan fingerprint density at radius 3 is 2.60 bits per heavy atom. The minimum absolute atomic E-state index is 0.223. The smallest absolute Gasteiger partial charge is 0.322 e. The predicted molar refractivity (Wildman–Crippen MR) is 91.4 cm³/mol. The van der Waals surface area contributed by atoms with Gasteiger partial charge in [0.1, 0.15) is 12.4 Å². The molecule has 0 fully saturated rings. The molecule has 25 heavy (non-hydrogen) atoms. The number of rotatable bonds is 4. The number of aliphatic carboxylic acids is 1. The van der Waals surface area contributed by atoms with Gasteiger partial charge in [-0.1, -0.05) is 12.1 Å². The summed E-state index contributed by atoms with van der Waals surface area (Å²) in [4.78, 5) is 26.7. The maximum absolute atomic E-state index is 13.1. The second-order valence-electron chi connectivity index (χ2n) is 5.33. The highest BCUT2D eigenvalue weighted by Gasteiger charge is 2.21. The molecule has 0 bridgehead atoms. The van der Waals surface area contributed by atoms with Gasteiger partial charge in [0.25, 0.3) is 5.91 Å². The van der Waals surface area contributed by atoms with Crippen molar-refractivity contribution in [1.82, 2.24) is 10.3 Å². The monoisotopic (exact) mass is 360 g/mol. The van der Waals surface area contributed by atoms with Crippen molar-refractivity contribution in [2.24, 2.45) is 0 Å². The van der Waals surface area contributed by atoms with E-state index in [4.69, 9.17) is 5.11 Å². The number of hydrogen-bond acceptors (Lipinski definition) is 5. The van der Waals surface area contributed by atoms with Crippen molar-refractivity contribution in [1.29, 1.82) is 0 Å². The summed E-state index contributed by atoms with van der Waals surface area (Å²) in [5, 5.41) is 23.7. The molecule has 2 aromatic heterocycles. The molecule has 8 heteroatoms. The number of nitrogens with one attached hydrogen (secondary N) is 1. The number of aromatic hydroxyl groups is 1. The number of fused-ring (bicyclic) bond motifs is 1. The molecule has 0 saturated carbocycles. The van der Waals surface area contributed by atoms with Gasteiger partial charge >= 0.3 is 5.97 Å². The topological polar surface area (TPSA) is 99.5 Å². The summed E-state index contributed by atoms with van der Waals surface area (Å²) in [6.07, 6.45) is 0. The number of thiophene rings is 1. The van der Waals surface area contributed by atoms with Gasteiger partial charge < -0.3 is 15.5 Å². The van der Waals surface area contributed by atoms with Gasteiger partial charge in [0.05, 0.1) is 4.70 Å². The summed E-state index contributed by atoms with van der Waals surface area (Å²) in [7, 11) is 0. The fraction of sp³-hybridized carbons (Fsp3) is 0.118. The van der Waals surface area contributed by atoms with Gasteiger partial charge in [0.2, 0.25) is 0 Å². The minimum Gasteiger partial charge on any atom is -0.504 e. The summed E-state index contributed by atoms with van der Waals surface area (Å²) in [5.74, 6) is -2.61. The third kappa shape index (κ3) is 3.16. The van der Waals surface area contributed by atoms with Crippen LogP contribution in [0.3, 0.4) is 0 Å². The fourth-order valence-corrected chi connectivity index (χ4v) is 3.59. The van der Waals surface area contributed by atoms with Crippen molar-refractivity contribution in [3.05, 3.63) is 46.9 Å². The molecule has 3 rings (SSSR count). The van der Waals surface area contributed by atoms with Gasteiger partial charge in [-0.3, -0.25) is 9.59 Å². The lowest BCUT2D eigenvalue weighted by molar-refractivity contribution is -0.135. The molecule has 2 heterocycles. The molecule has 3 aromatic rings. The van der Waals surface area contributed by atoms with E-state index < -0.39 is 18.4 Å². The molecule has 1 aromatic carbocycles. The number of hydrogen-bond donors (Lipinski definition) is 3. The molecule has 0 saturated heterocycles. The normalized spacial score (nSPS) is 10.8. The van der Waals surface area contributed by atoms with Crippen molar-refractivity contribution in [3.8, 4) is 16.9 Å². The Morgan fingerprint density at radius 1 is 1.28 bits per heavy atom. The highest BCUT2D eigenvalue weighted by atomic mass is 32.1. The standard InChI is InChI=1S/C17H13FN2O4S/c1-8-13-11(9-2-4-10(18)5-3-9)7-25-16(13)15(23)14(20-8)17(24)19-6-12(21)22/h2-5,7,23H,6H2,1H3,(H,19,24)(H,21,22). The maximum Gasteiger partial charge on any atom is 0.322 e. The van der Waals surface area contributed by atoms with Crippen LogP contribution < -0.4 is 5.32 Å². The third-order valence-corrected chi connectivity index (χ3v) is 4.63. The Labute approximate surface area is 145 Å². The van der Waals surface area contributed by atoms with Gasteiger partial charge in [-0.2, -0.15) is 0 Å². The van der Waals surface area contributed by atoms with E-state index in [2.05, 4.69) is 10.3 Å². The Kier molecular flexibility index (Phi) is 4.37. The lowest BCUT2D eigenvalue weighted by Crippen LogP contribution is -2.30. The summed E-state index contributed by atoms with van der Waals surface area (Å²) >= 11 is 1.23. The predicted octanol–water partition coefficient (Wildman–Crippen LogP) is 2.93.